The first-order valence-corrected chi connectivity index (χ1v) is 12.9. The number of nitrogens with one attached hydrogen (secondary N) is 1. The number of pyridine rings is 1. The van der Waals surface area contributed by atoms with Crippen molar-refractivity contribution in [2.24, 2.45) is 0 Å². The van der Waals surface area contributed by atoms with E-state index in [1.54, 1.807) is 6.20 Å². The van der Waals surface area contributed by atoms with Gasteiger partial charge in [-0.15, -0.1) is 0 Å². The summed E-state index contributed by atoms with van der Waals surface area (Å²) in [6, 6.07) is 11.2. The zero-order valence-electron chi connectivity index (χ0n) is 21.0. The Hall–Kier alpha value is -3.57. The number of nitrogens with zero attached hydrogens (tertiary/aromatic N) is 4. The van der Waals surface area contributed by atoms with Gasteiger partial charge in [-0.05, 0) is 44.0 Å². The number of benzene rings is 1. The molecule has 0 bridgehead atoms. The van der Waals surface area contributed by atoms with E-state index >= 15 is 0 Å². The highest BCUT2D eigenvalue weighted by molar-refractivity contribution is 6.05. The molecule has 11 heteroatoms. The van der Waals surface area contributed by atoms with Crippen molar-refractivity contribution < 1.29 is 22.7 Å². The smallest absolute Gasteiger partial charge is 0.297 e. The average molecular weight is 526 g/mol. The van der Waals surface area contributed by atoms with Gasteiger partial charge in [0.2, 0.25) is 0 Å². The molecule has 0 aliphatic carbocycles. The molecule has 0 radical (unpaired) electrons. The lowest BCUT2D eigenvalue weighted by Crippen LogP contribution is -2.68. The number of hydrogen-bond donors (Lipinski definition) is 1. The molecule has 38 heavy (non-hydrogen) atoms. The van der Waals surface area contributed by atoms with Gasteiger partial charge >= 0.3 is 0 Å². The lowest BCUT2D eigenvalue weighted by atomic mass is 9.90. The van der Waals surface area contributed by atoms with Gasteiger partial charge in [0, 0.05) is 31.2 Å². The maximum atomic E-state index is 13.1. The van der Waals surface area contributed by atoms with E-state index in [1.165, 1.54) is 0 Å². The molecule has 6 heterocycles. The van der Waals surface area contributed by atoms with Crippen molar-refractivity contribution in [3.05, 3.63) is 58.8 Å². The van der Waals surface area contributed by atoms with Gasteiger partial charge in [0.25, 0.3) is 12.0 Å². The molecule has 4 aromatic rings. The number of halogens is 2. The fourth-order valence-electron chi connectivity index (χ4n) is 5.38. The summed E-state index contributed by atoms with van der Waals surface area (Å²) in [5.74, 6) is 0.0555. The zero-order valence-corrected chi connectivity index (χ0v) is 21.0. The maximum Gasteiger partial charge on any atom is 0.297 e. The molecule has 9 nitrogen and oxygen atoms in total. The molecule has 3 aliphatic rings. The predicted molar refractivity (Wildman–Crippen MR) is 139 cm³/mol. The fourth-order valence-corrected chi connectivity index (χ4v) is 5.38. The van der Waals surface area contributed by atoms with Crippen LogP contribution in [0.25, 0.3) is 22.1 Å². The van der Waals surface area contributed by atoms with Crippen molar-refractivity contribution in [3.8, 4) is 0 Å². The van der Waals surface area contributed by atoms with E-state index < -0.39 is 12.2 Å². The summed E-state index contributed by atoms with van der Waals surface area (Å²) in [5.41, 5.74) is 2.07. The van der Waals surface area contributed by atoms with Crippen LogP contribution in [0.2, 0.25) is 0 Å². The van der Waals surface area contributed by atoms with Crippen molar-refractivity contribution in [1.82, 2.24) is 15.0 Å². The first-order valence-electron chi connectivity index (χ1n) is 12.9. The van der Waals surface area contributed by atoms with Gasteiger partial charge in [-0.2, -0.15) is 0 Å². The molecule has 1 atom stereocenters. The number of para-hydroxylation sites is 1. The Morgan fingerprint density at radius 3 is 2.58 bits per heavy atom. The average Bonchev–Trinajstić information content (AvgIpc) is 3.57. The van der Waals surface area contributed by atoms with E-state index in [1.807, 2.05) is 41.3 Å². The number of rotatable bonds is 3. The Labute approximate surface area is 217 Å². The van der Waals surface area contributed by atoms with Crippen LogP contribution in [0.5, 0.6) is 0 Å². The third kappa shape index (κ3) is 4.29. The Morgan fingerprint density at radius 2 is 1.87 bits per heavy atom. The second-order valence-electron chi connectivity index (χ2n) is 9.84. The normalized spacial score (nSPS) is 20.7. The monoisotopic (exact) mass is 525 g/mol. The van der Waals surface area contributed by atoms with Gasteiger partial charge in [0.1, 0.15) is 22.4 Å². The Kier molecular flexibility index (Phi) is 6.48. The van der Waals surface area contributed by atoms with Crippen LogP contribution in [-0.2, 0) is 9.47 Å². The topological polar surface area (TPSA) is 96.7 Å². The molecule has 200 valence electrons. The number of aromatic nitrogens is 3. The summed E-state index contributed by atoms with van der Waals surface area (Å²) in [5, 5.41) is 0.747. The van der Waals surface area contributed by atoms with E-state index in [0.717, 1.165) is 43.5 Å². The highest BCUT2D eigenvalue weighted by Crippen LogP contribution is 2.36. The summed E-state index contributed by atoms with van der Waals surface area (Å²) in [7, 11) is 0. The number of fused-ring (bicyclic) bond motifs is 3. The molecule has 3 saturated heterocycles. The number of morpholine rings is 1. The quantitative estimate of drug-likeness (QED) is 0.423. The van der Waals surface area contributed by atoms with E-state index in [2.05, 4.69) is 26.8 Å². The third-order valence-electron chi connectivity index (χ3n) is 7.57. The highest BCUT2D eigenvalue weighted by atomic mass is 19.3. The van der Waals surface area contributed by atoms with Crippen molar-refractivity contribution in [2.75, 3.05) is 49.3 Å². The van der Waals surface area contributed by atoms with Crippen molar-refractivity contribution in [2.45, 2.75) is 37.8 Å². The van der Waals surface area contributed by atoms with Gasteiger partial charge in [-0.3, -0.25) is 4.79 Å². The molecule has 1 unspecified atom stereocenters. The number of H-pyrrole nitrogens is 1. The Bertz CT molecular complexity index is 1500. The standard InChI is InChI=1S/C15H13F2N3O.C12H16N2O3/c16-13(17)14-18-11-9-5-1-2-6-10(9)21-12(11)15(19-14)20-7-3-4-8-20;1-9-12(7-16-8-12)17-6-5-14(9)10-3-2-4-13-11(10)15/h1-2,5-6,13H,3-4,7-8H2;2-4,9H,5-8H2,1H3,(H,13,15). The van der Waals surface area contributed by atoms with Crippen LogP contribution in [0.1, 0.15) is 32.0 Å². The van der Waals surface area contributed by atoms with Gasteiger partial charge in [0.15, 0.2) is 17.2 Å². The highest BCUT2D eigenvalue weighted by Gasteiger charge is 2.50. The van der Waals surface area contributed by atoms with Crippen LogP contribution in [0, 0.1) is 0 Å². The number of alkyl halides is 2. The van der Waals surface area contributed by atoms with Crippen LogP contribution in [-0.4, -0.2) is 66.0 Å². The van der Waals surface area contributed by atoms with Crippen LogP contribution in [0.15, 0.2) is 51.8 Å². The molecule has 3 aromatic heterocycles. The lowest BCUT2D eigenvalue weighted by Gasteiger charge is -2.53. The molecular formula is C27H29F2N5O4. The molecule has 7 rings (SSSR count). The minimum atomic E-state index is -2.69. The second kappa shape index (κ2) is 9.95. The van der Waals surface area contributed by atoms with Crippen LogP contribution in [0.3, 0.4) is 0 Å². The summed E-state index contributed by atoms with van der Waals surface area (Å²) < 4.78 is 43.1. The number of anilines is 2. The van der Waals surface area contributed by atoms with Crippen LogP contribution in [0.4, 0.5) is 20.3 Å². The van der Waals surface area contributed by atoms with Crippen molar-refractivity contribution >= 4 is 33.6 Å². The minimum Gasteiger partial charge on any atom is -0.450 e. The number of ether oxygens (including phenoxy) is 2. The summed E-state index contributed by atoms with van der Waals surface area (Å²) >= 11 is 0. The lowest BCUT2D eigenvalue weighted by molar-refractivity contribution is -0.228. The SMILES string of the molecule is CC1N(c2ccc[nH]c2=O)CCOC12COC2.FC(F)c1nc(N2CCCC2)c2oc3ccccc3c2n1. The maximum absolute atomic E-state index is 13.1. The molecule has 3 aliphatic heterocycles. The van der Waals surface area contributed by atoms with E-state index in [0.29, 0.717) is 42.3 Å². The Morgan fingerprint density at radius 1 is 1.08 bits per heavy atom. The van der Waals surface area contributed by atoms with Gasteiger partial charge in [0.05, 0.1) is 25.9 Å². The number of hydrogen-bond acceptors (Lipinski definition) is 8. The summed E-state index contributed by atoms with van der Waals surface area (Å²) in [4.78, 5) is 26.7. The van der Waals surface area contributed by atoms with Crippen LogP contribution >= 0.6 is 0 Å². The predicted octanol–water partition coefficient (Wildman–Crippen LogP) is 4.28. The van der Waals surface area contributed by atoms with E-state index in [-0.39, 0.29) is 17.2 Å². The molecule has 3 fully saturated rings. The molecule has 1 aromatic carbocycles. The molecule has 0 saturated carbocycles. The van der Waals surface area contributed by atoms with E-state index in [9.17, 15) is 13.6 Å². The first-order chi connectivity index (χ1) is 18.5. The third-order valence-corrected chi connectivity index (χ3v) is 7.57. The minimum absolute atomic E-state index is 0.0448. The molecular weight excluding hydrogens is 496 g/mol. The number of aromatic amines is 1. The van der Waals surface area contributed by atoms with Gasteiger partial charge in [-0.25, -0.2) is 18.7 Å². The summed E-state index contributed by atoms with van der Waals surface area (Å²) in [6.45, 7) is 6.34. The molecule has 1 spiro atoms. The number of furan rings is 1. The largest absolute Gasteiger partial charge is 0.450 e. The van der Waals surface area contributed by atoms with Crippen LogP contribution < -0.4 is 15.4 Å². The fraction of sp³-hybridized carbons (Fsp3) is 0.444. The Balaban J connectivity index is 0.000000142. The zero-order chi connectivity index (χ0) is 26.3. The van der Waals surface area contributed by atoms with Gasteiger partial charge < -0.3 is 28.7 Å². The first kappa shape index (κ1) is 24.7. The van der Waals surface area contributed by atoms with Crippen molar-refractivity contribution in [3.63, 3.8) is 0 Å². The molecule has 1 N–H and O–H groups in total. The second-order valence-corrected chi connectivity index (χ2v) is 9.84. The van der Waals surface area contributed by atoms with Gasteiger partial charge in [-0.1, -0.05) is 12.1 Å². The molecule has 0 amide bonds. The summed E-state index contributed by atoms with van der Waals surface area (Å²) in [6.07, 6.45) is 1.04. The van der Waals surface area contributed by atoms with E-state index in [4.69, 9.17) is 13.9 Å². The van der Waals surface area contributed by atoms with Crippen molar-refractivity contribution in [1.29, 1.82) is 0 Å².